The van der Waals surface area contributed by atoms with Crippen molar-refractivity contribution in [3.05, 3.63) is 70.8 Å². The van der Waals surface area contributed by atoms with Crippen LogP contribution in [0.2, 0.25) is 0 Å². The van der Waals surface area contributed by atoms with Crippen LogP contribution in [0.25, 0.3) is 0 Å². The first-order valence-corrected chi connectivity index (χ1v) is 10.4. The molecule has 0 atom stereocenters. The predicted molar refractivity (Wildman–Crippen MR) is 101 cm³/mol. The molecule has 172 valence electrons. The monoisotopic (exact) mass is 530 g/mol. The molecule has 0 aromatic heterocycles. The standard InChI is InChI=1S/2C8H6O7S.Ca/c2*9-7(10)5-3-1-2-4-6(5)8(11)15-16(12,13)14;/h2*1-4H,(H,9,10)(H,12,13,14);/q;;+2/p-2. The van der Waals surface area contributed by atoms with Gasteiger partial charge in [-0.1, -0.05) is 36.4 Å². The Kier molecular flexibility index (Phi) is 11.6. The van der Waals surface area contributed by atoms with E-state index in [2.05, 4.69) is 8.37 Å². The normalized spacial score (nSPS) is 10.5. The Morgan fingerprint density at radius 2 is 0.848 bits per heavy atom. The Bertz CT molecular complexity index is 1170. The maximum Gasteiger partial charge on any atom is 2.00 e. The summed E-state index contributed by atoms with van der Waals surface area (Å²) < 4.78 is 64.7. The first kappa shape index (κ1) is 30.4. The average molecular weight is 530 g/mol. The Morgan fingerprint density at radius 3 is 1.06 bits per heavy atom. The molecule has 2 aromatic carbocycles. The molecule has 2 aromatic rings. The quantitative estimate of drug-likeness (QED) is 0.293. The summed E-state index contributed by atoms with van der Waals surface area (Å²) in [6.45, 7) is 0. The SMILES string of the molecule is O=C([O-])c1ccccc1C(=O)OS(=O)(=O)O.O=C([O-])c1ccccc1C(=O)OS(=O)(=O)O.[Ca+2]. The van der Waals surface area contributed by atoms with Crippen molar-refractivity contribution in [2.45, 2.75) is 0 Å². The van der Waals surface area contributed by atoms with Gasteiger partial charge in [-0.3, -0.25) is 9.11 Å². The van der Waals surface area contributed by atoms with Gasteiger partial charge in [0, 0.05) is 11.1 Å². The Morgan fingerprint density at radius 1 is 0.606 bits per heavy atom. The second-order valence-electron chi connectivity index (χ2n) is 5.26. The van der Waals surface area contributed by atoms with Gasteiger partial charge in [0.05, 0.1) is 23.1 Å². The third-order valence-electron chi connectivity index (χ3n) is 3.10. The van der Waals surface area contributed by atoms with Crippen molar-refractivity contribution in [3.63, 3.8) is 0 Å². The fourth-order valence-electron chi connectivity index (χ4n) is 1.96. The summed E-state index contributed by atoms with van der Waals surface area (Å²) in [6.07, 6.45) is 0. The van der Waals surface area contributed by atoms with E-state index in [1.807, 2.05) is 0 Å². The van der Waals surface area contributed by atoms with Crippen molar-refractivity contribution in [3.8, 4) is 0 Å². The van der Waals surface area contributed by atoms with Crippen LogP contribution in [0.3, 0.4) is 0 Å². The van der Waals surface area contributed by atoms with E-state index in [0.717, 1.165) is 24.3 Å². The van der Waals surface area contributed by atoms with Gasteiger partial charge in [-0.2, -0.15) is 16.8 Å². The summed E-state index contributed by atoms with van der Waals surface area (Å²) in [5, 5.41) is 21.1. The fraction of sp³-hybridized carbons (Fsp3) is 0. The zero-order chi connectivity index (χ0) is 24.7. The zero-order valence-electron chi connectivity index (χ0n) is 15.9. The summed E-state index contributed by atoms with van der Waals surface area (Å²) >= 11 is 0. The van der Waals surface area contributed by atoms with Crippen LogP contribution >= 0.6 is 0 Å². The second-order valence-corrected chi connectivity index (χ2v) is 7.31. The molecule has 2 rings (SSSR count). The number of benzene rings is 2. The van der Waals surface area contributed by atoms with E-state index >= 15 is 0 Å². The van der Waals surface area contributed by atoms with Gasteiger partial charge in [-0.05, 0) is 12.1 Å². The van der Waals surface area contributed by atoms with Gasteiger partial charge in [0.2, 0.25) is 0 Å². The number of aromatic carboxylic acids is 2. The maximum atomic E-state index is 11.1. The molecular weight excluding hydrogens is 520 g/mol. The summed E-state index contributed by atoms with van der Waals surface area (Å²) in [7, 11) is -9.95. The van der Waals surface area contributed by atoms with E-state index in [1.54, 1.807) is 0 Å². The Labute approximate surface area is 215 Å². The molecular formula is C16H10CaO14S2. The second kappa shape index (κ2) is 12.6. The van der Waals surface area contributed by atoms with Crippen LogP contribution in [0.15, 0.2) is 48.5 Å². The molecule has 0 aliphatic rings. The molecule has 0 bridgehead atoms. The molecule has 33 heavy (non-hydrogen) atoms. The fourth-order valence-corrected chi connectivity index (χ4v) is 2.52. The number of carbonyl (C=O) groups excluding carboxylic acids is 4. The average Bonchev–Trinajstić information content (AvgIpc) is 2.65. The van der Waals surface area contributed by atoms with E-state index in [1.165, 1.54) is 24.3 Å². The third kappa shape index (κ3) is 10.7. The van der Waals surface area contributed by atoms with Gasteiger partial charge in [0.1, 0.15) is 0 Å². The topological polar surface area (TPSA) is 242 Å². The molecule has 0 amide bonds. The summed E-state index contributed by atoms with van der Waals surface area (Å²) in [4.78, 5) is 43.4. The molecule has 14 nitrogen and oxygen atoms in total. The molecule has 0 saturated heterocycles. The molecule has 0 aliphatic heterocycles. The molecule has 0 fully saturated rings. The van der Waals surface area contributed by atoms with E-state index in [0.29, 0.717) is 0 Å². The Balaban J connectivity index is 0.000000602. The number of carboxylic acid groups (broad SMARTS) is 2. The zero-order valence-corrected chi connectivity index (χ0v) is 19.8. The number of carbonyl (C=O) groups is 4. The Hall–Kier alpha value is -2.60. The number of carboxylic acids is 2. The predicted octanol–water partition coefficient (Wildman–Crippen LogP) is -2.36. The van der Waals surface area contributed by atoms with Gasteiger partial charge < -0.3 is 28.2 Å². The van der Waals surface area contributed by atoms with Gasteiger partial charge in [-0.25, -0.2) is 9.59 Å². The van der Waals surface area contributed by atoms with Crippen LogP contribution in [0, 0.1) is 0 Å². The molecule has 17 heteroatoms. The van der Waals surface area contributed by atoms with E-state index in [-0.39, 0.29) is 37.7 Å². The summed E-state index contributed by atoms with van der Waals surface area (Å²) in [6, 6.07) is 9.36. The minimum Gasteiger partial charge on any atom is -0.545 e. The molecule has 2 N–H and O–H groups in total. The number of rotatable bonds is 6. The molecule has 0 aliphatic carbocycles. The first-order chi connectivity index (χ1) is 14.6. The number of hydrogen-bond acceptors (Lipinski definition) is 12. The molecule has 0 radical (unpaired) electrons. The minimum absolute atomic E-state index is 0. The van der Waals surface area contributed by atoms with Crippen molar-refractivity contribution >= 4 is 82.4 Å². The van der Waals surface area contributed by atoms with E-state index in [4.69, 9.17) is 9.11 Å². The maximum absolute atomic E-state index is 11.1. The van der Waals surface area contributed by atoms with Gasteiger partial charge >= 0.3 is 70.5 Å². The van der Waals surface area contributed by atoms with Crippen LogP contribution < -0.4 is 10.2 Å². The van der Waals surface area contributed by atoms with Crippen LogP contribution in [0.5, 0.6) is 0 Å². The van der Waals surface area contributed by atoms with Crippen LogP contribution in [-0.4, -0.2) is 87.6 Å². The molecule has 0 saturated carbocycles. The van der Waals surface area contributed by atoms with Gasteiger partial charge in [0.15, 0.2) is 0 Å². The van der Waals surface area contributed by atoms with Crippen molar-refractivity contribution in [2.75, 3.05) is 0 Å². The van der Waals surface area contributed by atoms with Crippen molar-refractivity contribution in [1.29, 1.82) is 0 Å². The van der Waals surface area contributed by atoms with E-state index in [9.17, 15) is 46.2 Å². The molecule has 0 unspecified atom stereocenters. The van der Waals surface area contributed by atoms with Crippen molar-refractivity contribution in [1.82, 2.24) is 0 Å². The van der Waals surface area contributed by atoms with E-state index < -0.39 is 66.9 Å². The van der Waals surface area contributed by atoms with Crippen LogP contribution in [0.1, 0.15) is 41.4 Å². The van der Waals surface area contributed by atoms with Crippen LogP contribution in [-0.2, 0) is 29.2 Å². The largest absolute Gasteiger partial charge is 2.00 e. The third-order valence-corrected chi connectivity index (χ3v) is 3.82. The number of hydrogen-bond donors (Lipinski definition) is 2. The summed E-state index contributed by atoms with van der Waals surface area (Å²) in [5.74, 6) is -6.32. The summed E-state index contributed by atoms with van der Waals surface area (Å²) in [5.41, 5.74) is -2.12. The smallest absolute Gasteiger partial charge is 0.545 e. The van der Waals surface area contributed by atoms with Crippen molar-refractivity contribution in [2.24, 2.45) is 0 Å². The molecule has 0 spiro atoms. The molecule has 0 heterocycles. The first-order valence-electron chi connectivity index (χ1n) is 7.65. The minimum atomic E-state index is -4.98. The van der Waals surface area contributed by atoms with Crippen molar-refractivity contribution < 1.29 is 63.7 Å². The van der Waals surface area contributed by atoms with Gasteiger partial charge in [-0.15, -0.1) is 0 Å². The van der Waals surface area contributed by atoms with Crippen LogP contribution in [0.4, 0.5) is 0 Å². The van der Waals surface area contributed by atoms with Gasteiger partial charge in [0.25, 0.3) is 0 Å².